The first-order chi connectivity index (χ1) is 19.7. The van der Waals surface area contributed by atoms with Crippen molar-refractivity contribution in [2.75, 3.05) is 12.3 Å². The molecule has 0 spiro atoms. The van der Waals surface area contributed by atoms with E-state index in [1.54, 1.807) is 0 Å². The Hall–Kier alpha value is -4.19. The molecule has 0 heterocycles. The summed E-state index contributed by atoms with van der Waals surface area (Å²) in [6, 6.07) is 17.6. The molecule has 0 aliphatic heterocycles. The molecule has 10 nitrogen and oxygen atoms in total. The molecule has 41 heavy (non-hydrogen) atoms. The number of hydrogen-bond acceptors (Lipinski definition) is 7. The number of carbonyl (C=O) groups excluding carboxylic acids is 2. The number of carbonyl (C=O) groups is 4. The van der Waals surface area contributed by atoms with Crippen LogP contribution in [0.1, 0.15) is 35.3 Å². The number of fused-ring (bicyclic) bond motifs is 2. The van der Waals surface area contributed by atoms with E-state index in [0.717, 1.165) is 43.4 Å². The van der Waals surface area contributed by atoms with Gasteiger partial charge in [-0.3, -0.25) is 19.2 Å². The van der Waals surface area contributed by atoms with Crippen LogP contribution >= 0.6 is 11.8 Å². The van der Waals surface area contributed by atoms with Crippen LogP contribution < -0.4 is 16.4 Å². The molecule has 5 rings (SSSR count). The molecule has 2 amide bonds. The third-order valence-electron chi connectivity index (χ3n) is 7.35. The van der Waals surface area contributed by atoms with Crippen molar-refractivity contribution in [2.24, 2.45) is 5.73 Å². The van der Waals surface area contributed by atoms with E-state index in [4.69, 9.17) is 15.9 Å². The molecule has 0 bridgehead atoms. The molecule has 0 saturated heterocycles. The van der Waals surface area contributed by atoms with Gasteiger partial charge in [-0.25, -0.2) is 0 Å². The molecule has 2 unspecified atom stereocenters. The van der Waals surface area contributed by atoms with Gasteiger partial charge < -0.3 is 31.7 Å². The molecule has 11 heteroatoms. The van der Waals surface area contributed by atoms with Gasteiger partial charge in [0.2, 0.25) is 11.8 Å². The van der Waals surface area contributed by atoms with E-state index in [2.05, 4.69) is 28.8 Å². The van der Waals surface area contributed by atoms with Gasteiger partial charge in [-0.2, -0.15) is 0 Å². The highest BCUT2D eigenvalue weighted by Crippen LogP contribution is 2.52. The maximum Gasteiger partial charge on any atom is 0.322 e. The lowest BCUT2D eigenvalue weighted by atomic mass is 9.82. The van der Waals surface area contributed by atoms with Crippen LogP contribution in [0.3, 0.4) is 0 Å². The molecule has 0 radical (unpaired) electrons. The normalized spacial score (nSPS) is 17.4. The van der Waals surface area contributed by atoms with Crippen LogP contribution in [0.4, 0.5) is 0 Å². The summed E-state index contributed by atoms with van der Waals surface area (Å²) in [5, 5.41) is 40.2. The van der Waals surface area contributed by atoms with E-state index in [-0.39, 0.29) is 18.6 Å². The van der Waals surface area contributed by atoms with Crippen LogP contribution in [0.25, 0.3) is 32.3 Å². The first kappa shape index (κ1) is 28.3. The van der Waals surface area contributed by atoms with E-state index in [0.29, 0.717) is 0 Å². The van der Waals surface area contributed by atoms with Crippen LogP contribution in [0.5, 0.6) is 0 Å². The van der Waals surface area contributed by atoms with Crippen LogP contribution in [-0.2, 0) is 19.2 Å². The third-order valence-corrected chi connectivity index (χ3v) is 8.74. The SMILES string of the molecule is N[C@@H](CCC(=O)N[C@@H](CSC1c2cc3ccccc3c3ccc4cccc(c4c23)C1O)C(=O)NCC(=O)O)C(=O)O. The minimum Gasteiger partial charge on any atom is -0.480 e. The van der Waals surface area contributed by atoms with Gasteiger partial charge >= 0.3 is 11.9 Å². The maximum absolute atomic E-state index is 12.9. The third kappa shape index (κ3) is 5.69. The van der Waals surface area contributed by atoms with E-state index in [9.17, 15) is 24.3 Å². The monoisotopic (exact) mass is 575 g/mol. The summed E-state index contributed by atoms with van der Waals surface area (Å²) in [4.78, 5) is 47.6. The Kier molecular flexibility index (Phi) is 8.11. The number of nitrogens with one attached hydrogen (secondary N) is 2. The van der Waals surface area contributed by atoms with Gasteiger partial charge in [0.15, 0.2) is 0 Å². The van der Waals surface area contributed by atoms with Crippen LogP contribution in [-0.4, -0.2) is 63.5 Å². The van der Waals surface area contributed by atoms with E-state index >= 15 is 0 Å². The summed E-state index contributed by atoms with van der Waals surface area (Å²) >= 11 is 1.29. The first-order valence-electron chi connectivity index (χ1n) is 13.1. The number of carboxylic acid groups (broad SMARTS) is 2. The molecular formula is C30H29N3O7S. The fourth-order valence-corrected chi connectivity index (χ4v) is 6.70. The van der Waals surface area contributed by atoms with Crippen molar-refractivity contribution in [1.82, 2.24) is 10.6 Å². The van der Waals surface area contributed by atoms with Gasteiger partial charge in [0, 0.05) is 12.2 Å². The Morgan fingerprint density at radius 1 is 0.902 bits per heavy atom. The lowest BCUT2D eigenvalue weighted by molar-refractivity contribution is -0.139. The Balaban J connectivity index is 1.47. The number of aliphatic carboxylic acids is 2. The van der Waals surface area contributed by atoms with Crippen molar-refractivity contribution in [1.29, 1.82) is 0 Å². The number of amides is 2. The smallest absolute Gasteiger partial charge is 0.322 e. The highest BCUT2D eigenvalue weighted by Gasteiger charge is 2.34. The summed E-state index contributed by atoms with van der Waals surface area (Å²) < 4.78 is 0. The zero-order valence-corrected chi connectivity index (χ0v) is 22.7. The minimum absolute atomic E-state index is 0.0242. The number of aliphatic hydroxyl groups is 1. The van der Waals surface area contributed by atoms with Crippen molar-refractivity contribution < 1.29 is 34.5 Å². The molecular weight excluding hydrogens is 546 g/mol. The molecule has 4 atom stereocenters. The molecule has 1 aliphatic carbocycles. The van der Waals surface area contributed by atoms with Crippen molar-refractivity contribution >= 4 is 67.8 Å². The lowest BCUT2D eigenvalue weighted by Crippen LogP contribution is -2.49. The molecule has 4 aromatic rings. The average Bonchev–Trinajstić information content (AvgIpc) is 2.96. The average molecular weight is 576 g/mol. The van der Waals surface area contributed by atoms with Crippen LogP contribution in [0.15, 0.2) is 60.7 Å². The summed E-state index contributed by atoms with van der Waals surface area (Å²) in [5.41, 5.74) is 7.18. The molecule has 0 aromatic heterocycles. The van der Waals surface area contributed by atoms with Gasteiger partial charge in [-0.15, -0.1) is 11.8 Å². The number of benzene rings is 4. The van der Waals surface area contributed by atoms with Crippen LogP contribution in [0, 0.1) is 0 Å². The lowest BCUT2D eigenvalue weighted by Gasteiger charge is -2.32. The fraction of sp³-hybridized carbons (Fsp3) is 0.267. The van der Waals surface area contributed by atoms with Crippen molar-refractivity contribution in [2.45, 2.75) is 36.3 Å². The molecule has 7 N–H and O–H groups in total. The van der Waals surface area contributed by atoms with E-state index in [1.165, 1.54) is 11.8 Å². The number of rotatable bonds is 11. The van der Waals surface area contributed by atoms with Crippen molar-refractivity contribution in [3.8, 4) is 0 Å². The van der Waals surface area contributed by atoms with Gasteiger partial charge in [0.25, 0.3) is 0 Å². The second kappa shape index (κ2) is 11.7. The first-order valence-corrected chi connectivity index (χ1v) is 14.1. The quantitative estimate of drug-likeness (QED) is 0.147. The Morgan fingerprint density at radius 2 is 1.66 bits per heavy atom. The van der Waals surface area contributed by atoms with E-state index < -0.39 is 53.7 Å². The molecule has 1 aliphatic rings. The number of thioether (sulfide) groups is 1. The second-order valence-corrected chi connectivity index (χ2v) is 11.2. The standard InChI is InChI=1S/C30H29N3O7S/c31-21(30(39)40)10-11-23(34)33-22(29(38)32-13-24(35)36)14-41-28-20-12-16-4-1-2-6-17(16)18-9-8-15-5-3-7-19(27(28)37)25(15)26(18)20/h1-9,12,21-22,27-28,37H,10-11,13-14,31H2,(H,32,38)(H,33,34)(H,35,36)(H,39,40)/t21-,22-,27?,28?/m0/s1. The van der Waals surface area contributed by atoms with Crippen LogP contribution in [0.2, 0.25) is 0 Å². The number of aliphatic hydroxyl groups excluding tert-OH is 1. The number of nitrogens with two attached hydrogens (primary N) is 1. The van der Waals surface area contributed by atoms with Gasteiger partial charge in [-0.05, 0) is 55.9 Å². The predicted octanol–water partition coefficient (Wildman–Crippen LogP) is 2.85. The van der Waals surface area contributed by atoms with Crippen molar-refractivity contribution in [3.63, 3.8) is 0 Å². The molecule has 0 saturated carbocycles. The summed E-state index contributed by atoms with van der Waals surface area (Å²) in [7, 11) is 0. The Bertz CT molecular complexity index is 1690. The molecule has 212 valence electrons. The molecule has 4 aromatic carbocycles. The Morgan fingerprint density at radius 3 is 2.41 bits per heavy atom. The van der Waals surface area contributed by atoms with Gasteiger partial charge in [0.1, 0.15) is 18.6 Å². The zero-order chi connectivity index (χ0) is 29.3. The summed E-state index contributed by atoms with van der Waals surface area (Å²) in [6.45, 7) is -0.632. The highest BCUT2D eigenvalue weighted by atomic mass is 32.2. The maximum atomic E-state index is 12.9. The molecule has 0 fully saturated rings. The zero-order valence-electron chi connectivity index (χ0n) is 21.9. The van der Waals surface area contributed by atoms with Crippen molar-refractivity contribution in [3.05, 3.63) is 71.8 Å². The second-order valence-electron chi connectivity index (χ2n) is 10.0. The number of hydrogen-bond donors (Lipinski definition) is 6. The van der Waals surface area contributed by atoms with Gasteiger partial charge in [-0.1, -0.05) is 54.6 Å². The van der Waals surface area contributed by atoms with E-state index in [1.807, 2.05) is 42.5 Å². The minimum atomic E-state index is -1.24. The fourth-order valence-electron chi connectivity index (χ4n) is 5.37. The summed E-state index contributed by atoms with van der Waals surface area (Å²) in [5.74, 6) is -3.75. The topological polar surface area (TPSA) is 179 Å². The number of carboxylic acids is 2. The predicted molar refractivity (Wildman–Crippen MR) is 157 cm³/mol. The Labute approximate surface area is 238 Å². The largest absolute Gasteiger partial charge is 0.480 e. The van der Waals surface area contributed by atoms with Gasteiger partial charge in [0.05, 0.1) is 11.4 Å². The highest BCUT2D eigenvalue weighted by molar-refractivity contribution is 7.99. The summed E-state index contributed by atoms with van der Waals surface area (Å²) in [6.07, 6.45) is -1.27.